The number of likely N-dealkylation sites (N-methyl/N-ethyl adjacent to an activating group) is 1. The molecule has 0 saturated carbocycles. The monoisotopic (exact) mass is 355 g/mol. The van der Waals surface area contributed by atoms with E-state index in [2.05, 4.69) is 27.9 Å². The van der Waals surface area contributed by atoms with E-state index < -0.39 is 5.97 Å². The quantitative estimate of drug-likeness (QED) is 0.821. The maximum atomic E-state index is 10.5. The third-order valence-corrected chi connectivity index (χ3v) is 3.76. The van der Waals surface area contributed by atoms with E-state index in [0.717, 1.165) is 41.6 Å². The highest BCUT2D eigenvalue weighted by Gasteiger charge is 2.18. The van der Waals surface area contributed by atoms with E-state index in [1.54, 1.807) is 0 Å². The molecule has 1 aliphatic heterocycles. The van der Waals surface area contributed by atoms with E-state index in [1.165, 1.54) is 6.08 Å². The van der Waals surface area contributed by atoms with Gasteiger partial charge in [-0.2, -0.15) is 0 Å². The van der Waals surface area contributed by atoms with Crippen LogP contribution < -0.4 is 4.74 Å². The molecule has 0 bridgehead atoms. The number of morpholine rings is 1. The molecule has 2 rings (SSSR count). The zero-order valence-electron chi connectivity index (χ0n) is 11.8. The molecule has 6 heteroatoms. The Labute approximate surface area is 132 Å². The van der Waals surface area contributed by atoms with Crippen LogP contribution in [0.25, 0.3) is 6.08 Å². The summed E-state index contributed by atoms with van der Waals surface area (Å²) in [7, 11) is 2.06. The number of carboxylic acid groups (broad SMARTS) is 1. The van der Waals surface area contributed by atoms with Crippen LogP contribution in [-0.2, 0) is 9.53 Å². The van der Waals surface area contributed by atoms with Crippen molar-refractivity contribution in [2.75, 3.05) is 33.4 Å². The molecule has 0 spiro atoms. The largest absolute Gasteiger partial charge is 0.490 e. The molecule has 21 heavy (non-hydrogen) atoms. The molecule has 1 saturated heterocycles. The zero-order chi connectivity index (χ0) is 15.2. The van der Waals surface area contributed by atoms with Gasteiger partial charge in [-0.05, 0) is 46.7 Å². The van der Waals surface area contributed by atoms with E-state index in [1.807, 2.05) is 18.2 Å². The van der Waals surface area contributed by atoms with Crippen molar-refractivity contribution in [1.82, 2.24) is 4.90 Å². The van der Waals surface area contributed by atoms with Gasteiger partial charge in [0.15, 0.2) is 0 Å². The molecule has 1 atom stereocenters. The van der Waals surface area contributed by atoms with Crippen molar-refractivity contribution in [3.05, 3.63) is 34.3 Å². The van der Waals surface area contributed by atoms with Gasteiger partial charge in [-0.15, -0.1) is 0 Å². The Morgan fingerprint density at radius 1 is 1.62 bits per heavy atom. The summed E-state index contributed by atoms with van der Waals surface area (Å²) in [6.07, 6.45) is 2.71. The molecule has 5 nitrogen and oxygen atoms in total. The number of hydrogen-bond donors (Lipinski definition) is 1. The number of carbonyl (C=O) groups is 1. The maximum absolute atomic E-state index is 10.5. The molecule has 0 aromatic heterocycles. The van der Waals surface area contributed by atoms with Gasteiger partial charge in [0, 0.05) is 19.2 Å². The summed E-state index contributed by atoms with van der Waals surface area (Å²) in [5.41, 5.74) is 0.797. The number of hydrogen-bond acceptors (Lipinski definition) is 4. The Kier molecular flexibility index (Phi) is 5.78. The second-order valence-electron chi connectivity index (χ2n) is 4.93. The van der Waals surface area contributed by atoms with E-state index in [9.17, 15) is 4.79 Å². The van der Waals surface area contributed by atoms with Crippen LogP contribution in [0.2, 0.25) is 0 Å². The Balaban J connectivity index is 1.93. The Hall–Kier alpha value is -1.37. The molecular weight excluding hydrogens is 338 g/mol. The van der Waals surface area contributed by atoms with Gasteiger partial charge in [0.1, 0.15) is 18.5 Å². The fourth-order valence-electron chi connectivity index (χ4n) is 2.06. The molecule has 0 amide bonds. The fraction of sp³-hybridized carbons (Fsp3) is 0.400. The third-order valence-electron chi connectivity index (χ3n) is 3.14. The SMILES string of the molecule is CN1CCOC(COc2ccc(C=CC(=O)O)cc2Br)C1. The predicted octanol–water partition coefficient (Wildman–Crippen LogP) is 2.26. The molecular formula is C15H18BrNO4. The van der Waals surface area contributed by atoms with Gasteiger partial charge in [0.2, 0.25) is 0 Å². The van der Waals surface area contributed by atoms with E-state index in [0.29, 0.717) is 6.61 Å². The lowest BCUT2D eigenvalue weighted by Gasteiger charge is -2.29. The van der Waals surface area contributed by atoms with Crippen LogP contribution in [0.15, 0.2) is 28.7 Å². The van der Waals surface area contributed by atoms with Crippen molar-refractivity contribution in [3.8, 4) is 5.75 Å². The summed E-state index contributed by atoms with van der Waals surface area (Å²) >= 11 is 3.43. The zero-order valence-corrected chi connectivity index (χ0v) is 13.4. The van der Waals surface area contributed by atoms with Gasteiger partial charge in [-0.1, -0.05) is 6.07 Å². The first-order chi connectivity index (χ1) is 10.0. The van der Waals surface area contributed by atoms with Gasteiger partial charge < -0.3 is 19.5 Å². The smallest absolute Gasteiger partial charge is 0.328 e. The topological polar surface area (TPSA) is 59.0 Å². The van der Waals surface area contributed by atoms with Gasteiger partial charge in [0.25, 0.3) is 0 Å². The van der Waals surface area contributed by atoms with Crippen LogP contribution >= 0.6 is 15.9 Å². The first-order valence-electron chi connectivity index (χ1n) is 6.68. The normalized spacial score (nSPS) is 19.8. The summed E-state index contributed by atoms with van der Waals surface area (Å²) in [5, 5.41) is 8.61. The van der Waals surface area contributed by atoms with Crippen molar-refractivity contribution < 1.29 is 19.4 Å². The minimum absolute atomic E-state index is 0.0715. The van der Waals surface area contributed by atoms with Crippen molar-refractivity contribution in [3.63, 3.8) is 0 Å². The van der Waals surface area contributed by atoms with Gasteiger partial charge in [-0.25, -0.2) is 4.79 Å². The van der Waals surface area contributed by atoms with Crippen LogP contribution in [0.1, 0.15) is 5.56 Å². The van der Waals surface area contributed by atoms with Crippen LogP contribution in [-0.4, -0.2) is 55.4 Å². The highest BCUT2D eigenvalue weighted by atomic mass is 79.9. The van der Waals surface area contributed by atoms with Crippen molar-refractivity contribution in [1.29, 1.82) is 0 Å². The summed E-state index contributed by atoms with van der Waals surface area (Å²) in [5.74, 6) is -0.246. The van der Waals surface area contributed by atoms with Crippen LogP contribution in [0, 0.1) is 0 Å². The molecule has 1 heterocycles. The minimum Gasteiger partial charge on any atom is -0.490 e. The second-order valence-corrected chi connectivity index (χ2v) is 5.78. The summed E-state index contributed by atoms with van der Waals surface area (Å²) in [4.78, 5) is 12.7. The number of halogens is 1. The molecule has 1 aromatic carbocycles. The average molecular weight is 356 g/mol. The van der Waals surface area contributed by atoms with Crippen LogP contribution in [0.4, 0.5) is 0 Å². The first-order valence-corrected chi connectivity index (χ1v) is 7.47. The standard InChI is InChI=1S/C15H18BrNO4/c1-17-6-7-20-12(9-17)10-21-14-4-2-11(8-13(14)16)3-5-15(18)19/h2-5,8,12H,6-7,9-10H2,1H3,(H,18,19). The number of aliphatic carboxylic acids is 1. The van der Waals surface area contributed by atoms with Crippen molar-refractivity contribution >= 4 is 28.0 Å². The highest BCUT2D eigenvalue weighted by Crippen LogP contribution is 2.27. The minimum atomic E-state index is -0.968. The summed E-state index contributed by atoms with van der Waals surface area (Å²) < 4.78 is 12.2. The number of nitrogens with zero attached hydrogens (tertiary/aromatic N) is 1. The lowest BCUT2D eigenvalue weighted by atomic mass is 10.2. The average Bonchev–Trinajstić information content (AvgIpc) is 2.44. The predicted molar refractivity (Wildman–Crippen MR) is 83.5 cm³/mol. The first kappa shape index (κ1) is 16.0. The fourth-order valence-corrected chi connectivity index (χ4v) is 2.57. The molecule has 0 aliphatic carbocycles. The Morgan fingerprint density at radius 2 is 2.43 bits per heavy atom. The van der Waals surface area contributed by atoms with E-state index >= 15 is 0 Å². The van der Waals surface area contributed by atoms with Crippen molar-refractivity contribution in [2.45, 2.75) is 6.10 Å². The van der Waals surface area contributed by atoms with E-state index in [4.69, 9.17) is 14.6 Å². The van der Waals surface area contributed by atoms with E-state index in [-0.39, 0.29) is 6.10 Å². The molecule has 1 aromatic rings. The van der Waals surface area contributed by atoms with Gasteiger partial charge >= 0.3 is 5.97 Å². The molecule has 114 valence electrons. The highest BCUT2D eigenvalue weighted by molar-refractivity contribution is 9.10. The number of rotatable bonds is 5. The molecule has 1 fully saturated rings. The molecule has 1 N–H and O–H groups in total. The molecule has 1 unspecified atom stereocenters. The number of ether oxygens (including phenoxy) is 2. The van der Waals surface area contributed by atoms with Crippen molar-refractivity contribution in [2.24, 2.45) is 0 Å². The lowest BCUT2D eigenvalue weighted by Crippen LogP contribution is -2.42. The second kappa shape index (κ2) is 7.59. The number of benzene rings is 1. The molecule has 1 aliphatic rings. The Bertz CT molecular complexity index is 532. The molecule has 0 radical (unpaired) electrons. The maximum Gasteiger partial charge on any atom is 0.328 e. The lowest BCUT2D eigenvalue weighted by molar-refractivity contribution is -0.131. The third kappa shape index (κ3) is 5.15. The van der Waals surface area contributed by atoms with Gasteiger partial charge in [0.05, 0.1) is 11.1 Å². The van der Waals surface area contributed by atoms with Crippen LogP contribution in [0.5, 0.6) is 5.75 Å². The van der Waals surface area contributed by atoms with Crippen LogP contribution in [0.3, 0.4) is 0 Å². The summed E-state index contributed by atoms with van der Waals surface area (Å²) in [6, 6.07) is 5.45. The van der Waals surface area contributed by atoms with Gasteiger partial charge in [-0.3, -0.25) is 0 Å². The number of carboxylic acids is 1. The summed E-state index contributed by atoms with van der Waals surface area (Å²) in [6.45, 7) is 3.03. The Morgan fingerprint density at radius 3 is 3.10 bits per heavy atom.